The number of carbonyl (C=O) groups excluding carboxylic acids is 1. The third-order valence-corrected chi connectivity index (χ3v) is 6.23. The van der Waals surface area contributed by atoms with Crippen molar-refractivity contribution in [1.29, 1.82) is 0 Å². The average Bonchev–Trinajstić information content (AvgIpc) is 3.34. The number of imidazole rings is 1. The number of aliphatic hydroxyl groups excluding tert-OH is 2. The molecule has 5 atom stereocenters. The summed E-state index contributed by atoms with van der Waals surface area (Å²) in [6.07, 6.45) is -4.22. The van der Waals surface area contributed by atoms with Crippen LogP contribution in [0.25, 0.3) is 11.2 Å². The fourth-order valence-electron chi connectivity index (χ4n) is 3.42. The number of urea groups is 1. The third-order valence-electron chi connectivity index (χ3n) is 5.01. The van der Waals surface area contributed by atoms with Gasteiger partial charge in [0.15, 0.2) is 23.2 Å². The zero-order chi connectivity index (χ0) is 25.2. The summed E-state index contributed by atoms with van der Waals surface area (Å²) in [5, 5.41) is 34.7. The molecule has 1 aromatic carbocycles. The van der Waals surface area contributed by atoms with Gasteiger partial charge in [-0.1, -0.05) is 18.2 Å². The molecule has 0 saturated carbocycles. The predicted molar refractivity (Wildman–Crippen MR) is 119 cm³/mol. The largest absolute Gasteiger partial charge is 0.481 e. The van der Waals surface area contributed by atoms with Crippen molar-refractivity contribution in [3.05, 3.63) is 43.0 Å². The normalized spacial score (nSPS) is 23.6. The van der Waals surface area contributed by atoms with E-state index in [1.807, 2.05) is 0 Å². The molecular formula is C19H21N6O9P. The van der Waals surface area contributed by atoms with Crippen molar-refractivity contribution in [3.8, 4) is 0 Å². The van der Waals surface area contributed by atoms with Crippen molar-refractivity contribution in [2.45, 2.75) is 24.5 Å². The summed E-state index contributed by atoms with van der Waals surface area (Å²) in [7, 11) is -4.47. The van der Waals surface area contributed by atoms with Crippen molar-refractivity contribution in [1.82, 2.24) is 19.5 Å². The van der Waals surface area contributed by atoms with Crippen molar-refractivity contribution < 1.29 is 43.6 Å². The first-order valence-electron chi connectivity index (χ1n) is 10.1. The Hall–Kier alpha value is -3.46. The monoisotopic (exact) mass is 508 g/mol. The Morgan fingerprint density at radius 3 is 2.57 bits per heavy atom. The maximum atomic E-state index is 12.3. The number of hydrogen-bond acceptors (Lipinski definition) is 10. The van der Waals surface area contributed by atoms with E-state index >= 15 is 0 Å². The van der Waals surface area contributed by atoms with Crippen LogP contribution in [0.2, 0.25) is 0 Å². The summed E-state index contributed by atoms with van der Waals surface area (Å²) in [5.41, 5.74) is 0.884. The molecule has 35 heavy (non-hydrogen) atoms. The van der Waals surface area contributed by atoms with Crippen LogP contribution >= 0.6 is 7.60 Å². The number of hydrogen-bond donors (Lipinski definition) is 6. The van der Waals surface area contributed by atoms with Crippen LogP contribution in [0.1, 0.15) is 6.23 Å². The van der Waals surface area contributed by atoms with Gasteiger partial charge in [0.2, 0.25) is 0 Å². The molecule has 3 heterocycles. The third kappa shape index (κ3) is 5.62. The molecule has 2 amide bonds. The Bertz CT molecular complexity index is 1270. The van der Waals surface area contributed by atoms with Crippen LogP contribution in [-0.2, 0) is 18.6 Å². The van der Waals surface area contributed by atoms with Crippen LogP contribution in [0, 0.1) is 0 Å². The van der Waals surface area contributed by atoms with Gasteiger partial charge in [-0.2, -0.15) is 0 Å². The summed E-state index contributed by atoms with van der Waals surface area (Å²) in [4.78, 5) is 44.9. The number of nitrogens with zero attached hydrogens (tertiary/aromatic N) is 4. The molecule has 0 radical (unpaired) electrons. The maximum absolute atomic E-state index is 12.3. The summed E-state index contributed by atoms with van der Waals surface area (Å²) >= 11 is 0. The quantitative estimate of drug-likeness (QED) is 0.227. The van der Waals surface area contributed by atoms with Gasteiger partial charge in [0.1, 0.15) is 30.8 Å². The molecule has 0 bridgehead atoms. The van der Waals surface area contributed by atoms with Crippen molar-refractivity contribution in [2.75, 3.05) is 23.4 Å². The minimum Gasteiger partial charge on any atom is -0.481 e. The molecular weight excluding hydrogens is 487 g/mol. The Kier molecular flexibility index (Phi) is 7.07. The van der Waals surface area contributed by atoms with Gasteiger partial charge in [0.05, 0.1) is 12.9 Å². The lowest BCUT2D eigenvalue weighted by molar-refractivity contribution is -0.134. The summed E-state index contributed by atoms with van der Waals surface area (Å²) in [5.74, 6) is -1.46. The minimum atomic E-state index is -4.47. The number of carbonyl (C=O) groups is 2. The number of carboxylic acids is 1. The van der Waals surface area contributed by atoms with Crippen molar-refractivity contribution in [2.24, 2.45) is 0 Å². The molecule has 15 nitrogen and oxygen atoms in total. The maximum Gasteiger partial charge on any atom is 0.339 e. The van der Waals surface area contributed by atoms with Crippen molar-refractivity contribution in [3.63, 3.8) is 0 Å². The fourth-order valence-corrected chi connectivity index (χ4v) is 4.24. The lowest BCUT2D eigenvalue weighted by Crippen LogP contribution is -2.33. The van der Waals surface area contributed by atoms with E-state index in [-0.39, 0.29) is 17.0 Å². The van der Waals surface area contributed by atoms with Gasteiger partial charge in [0.25, 0.3) is 0 Å². The second-order valence-electron chi connectivity index (χ2n) is 7.52. The smallest absolute Gasteiger partial charge is 0.339 e. The van der Waals surface area contributed by atoms with Crippen molar-refractivity contribution >= 4 is 42.3 Å². The first-order valence-corrected chi connectivity index (χ1v) is 11.9. The minimum absolute atomic E-state index is 0.0741. The van der Waals surface area contributed by atoms with Crippen LogP contribution < -0.4 is 10.6 Å². The molecule has 4 rings (SSSR count). The van der Waals surface area contributed by atoms with Gasteiger partial charge < -0.3 is 34.8 Å². The molecule has 1 aliphatic rings. The van der Waals surface area contributed by atoms with E-state index in [0.717, 1.165) is 6.33 Å². The number of nitrogens with one attached hydrogen (secondary N) is 2. The SMILES string of the molecule is O=C(O)CP(=O)(O)OC[C@H]1O[C@@H](n2cnc3c(NC(=O)Nc4ccccc4)ncnc32)[C@@H](O)[C@H]1O. The van der Waals surface area contributed by atoms with E-state index in [0.29, 0.717) is 5.69 Å². The van der Waals surface area contributed by atoms with Crippen LogP contribution in [0.15, 0.2) is 43.0 Å². The Labute approximate surface area is 196 Å². The highest BCUT2D eigenvalue weighted by molar-refractivity contribution is 7.53. The molecule has 186 valence electrons. The molecule has 2 aromatic heterocycles. The van der Waals surface area contributed by atoms with Crippen LogP contribution in [0.3, 0.4) is 0 Å². The number of aromatic nitrogens is 4. The van der Waals surface area contributed by atoms with Gasteiger partial charge in [-0.05, 0) is 12.1 Å². The Morgan fingerprint density at radius 2 is 1.86 bits per heavy atom. The van der Waals surface area contributed by atoms with Gasteiger partial charge in [-0.25, -0.2) is 19.7 Å². The first kappa shape index (κ1) is 24.7. The zero-order valence-electron chi connectivity index (χ0n) is 17.8. The van der Waals surface area contributed by atoms with Crippen LogP contribution in [-0.4, -0.2) is 82.8 Å². The molecule has 0 aliphatic carbocycles. The molecule has 1 aliphatic heterocycles. The lowest BCUT2D eigenvalue weighted by Gasteiger charge is -2.17. The molecule has 1 saturated heterocycles. The number of aliphatic carboxylic acids is 1. The highest BCUT2D eigenvalue weighted by Crippen LogP contribution is 2.43. The second kappa shape index (κ2) is 10.0. The van der Waals surface area contributed by atoms with Gasteiger partial charge >= 0.3 is 19.6 Å². The van der Waals surface area contributed by atoms with E-state index in [1.54, 1.807) is 30.3 Å². The molecule has 3 aromatic rings. The van der Waals surface area contributed by atoms with Gasteiger partial charge in [0, 0.05) is 5.69 Å². The lowest BCUT2D eigenvalue weighted by atomic mass is 10.1. The highest BCUT2D eigenvalue weighted by atomic mass is 31.2. The topological polar surface area (TPSA) is 218 Å². The van der Waals surface area contributed by atoms with E-state index in [2.05, 4.69) is 25.6 Å². The van der Waals surface area contributed by atoms with E-state index in [1.165, 1.54) is 10.9 Å². The summed E-state index contributed by atoms with van der Waals surface area (Å²) < 4.78 is 23.4. The van der Waals surface area contributed by atoms with Gasteiger partial charge in [-0.15, -0.1) is 0 Å². The molecule has 1 unspecified atom stereocenters. The number of amides is 2. The Morgan fingerprint density at radius 1 is 1.11 bits per heavy atom. The standard InChI is InChI=1S/C19H21N6O9P/c26-12(27)7-35(31,32)33-6-11-14(28)15(29)18(34-11)25-9-22-13-16(20-8-21-17(13)25)24-19(30)23-10-4-2-1-3-5-10/h1-5,8-9,11,14-15,18,28-29H,6-7H2,(H,26,27)(H,31,32)(H2,20,21,23,24,30)/t11-,14+,15+,18-/m1/s1. The molecule has 1 fully saturated rings. The number of para-hydroxylation sites is 1. The summed E-state index contributed by atoms with van der Waals surface area (Å²) in [6.45, 7) is -0.649. The fraction of sp³-hybridized carbons (Fsp3) is 0.316. The van der Waals surface area contributed by atoms with Crippen LogP contribution in [0.5, 0.6) is 0 Å². The Balaban J connectivity index is 1.48. The number of aliphatic hydroxyl groups is 2. The number of ether oxygens (including phenoxy) is 1. The van der Waals surface area contributed by atoms with E-state index < -0.39 is 56.9 Å². The molecule has 6 N–H and O–H groups in total. The van der Waals surface area contributed by atoms with E-state index in [4.69, 9.17) is 14.4 Å². The highest BCUT2D eigenvalue weighted by Gasteiger charge is 2.45. The van der Waals surface area contributed by atoms with E-state index in [9.17, 15) is 29.3 Å². The molecule has 16 heteroatoms. The number of benzene rings is 1. The zero-order valence-corrected chi connectivity index (χ0v) is 18.7. The van der Waals surface area contributed by atoms with Crippen LogP contribution in [0.4, 0.5) is 16.3 Å². The second-order valence-corrected chi connectivity index (χ2v) is 9.37. The van der Waals surface area contributed by atoms with Gasteiger partial charge in [-0.3, -0.25) is 19.2 Å². The predicted octanol–water partition coefficient (Wildman–Crippen LogP) is 0.376. The average molecular weight is 508 g/mol. The number of carboxylic acid groups (broad SMARTS) is 1. The number of rotatable bonds is 8. The first-order chi connectivity index (χ1) is 16.6. The summed E-state index contributed by atoms with van der Waals surface area (Å²) in [6, 6.07) is 8.13. The number of anilines is 2. The molecule has 0 spiro atoms. The number of fused-ring (bicyclic) bond motifs is 1.